The zero-order valence-electron chi connectivity index (χ0n) is 10.1. The summed E-state index contributed by atoms with van der Waals surface area (Å²) in [6.45, 7) is 3.78. The Bertz CT molecular complexity index is 395. The van der Waals surface area contributed by atoms with Gasteiger partial charge in [0.15, 0.2) is 11.6 Å². The number of carbonyl (C=O) groups excluding carboxylic acids is 1. The summed E-state index contributed by atoms with van der Waals surface area (Å²) >= 11 is 0. The number of ether oxygens (including phenoxy) is 2. The first-order valence-corrected chi connectivity index (χ1v) is 5.34. The Morgan fingerprint density at radius 3 is 2.76 bits per heavy atom. The minimum absolute atomic E-state index is 0.172. The van der Waals surface area contributed by atoms with Crippen LogP contribution >= 0.6 is 0 Å². The molecule has 1 unspecified atom stereocenters. The Morgan fingerprint density at radius 1 is 1.53 bits per heavy atom. The molecule has 0 aliphatic carbocycles. The smallest absolute Gasteiger partial charge is 0.253 e. The predicted octanol–water partition coefficient (Wildman–Crippen LogP) is 2.20. The van der Waals surface area contributed by atoms with Crippen LogP contribution in [0, 0.1) is 5.82 Å². The first kappa shape index (κ1) is 13.4. The van der Waals surface area contributed by atoms with Crippen molar-refractivity contribution >= 4 is 11.6 Å². The highest BCUT2D eigenvalue weighted by atomic mass is 19.1. The SMILES string of the molecule is CCOc1ccc(NC(=O)C(C)OC)cc1F. The fourth-order valence-corrected chi connectivity index (χ4v) is 1.20. The van der Waals surface area contributed by atoms with Crippen LogP contribution in [0.1, 0.15) is 13.8 Å². The number of hydrogen-bond acceptors (Lipinski definition) is 3. The number of amides is 1. The molecule has 0 fully saturated rings. The summed E-state index contributed by atoms with van der Waals surface area (Å²) in [6.07, 6.45) is -0.579. The first-order valence-electron chi connectivity index (χ1n) is 5.34. The second kappa shape index (κ2) is 6.20. The maximum Gasteiger partial charge on any atom is 0.253 e. The topological polar surface area (TPSA) is 47.6 Å². The number of methoxy groups -OCH3 is 1. The summed E-state index contributed by atoms with van der Waals surface area (Å²) in [5, 5.41) is 2.54. The van der Waals surface area contributed by atoms with Gasteiger partial charge in [0.25, 0.3) is 5.91 Å². The lowest BCUT2D eigenvalue weighted by atomic mass is 10.2. The van der Waals surface area contributed by atoms with Crippen LogP contribution in [0.25, 0.3) is 0 Å². The van der Waals surface area contributed by atoms with Crippen LogP contribution in [0.15, 0.2) is 18.2 Å². The molecule has 0 aliphatic rings. The minimum atomic E-state index is -0.579. The summed E-state index contributed by atoms with van der Waals surface area (Å²) in [6, 6.07) is 4.27. The average Bonchev–Trinajstić information content (AvgIpc) is 2.31. The standard InChI is InChI=1S/C12H16FNO3/c1-4-17-11-6-5-9(7-10(11)13)14-12(15)8(2)16-3/h5-8H,4H2,1-3H3,(H,14,15). The average molecular weight is 241 g/mol. The number of nitrogens with one attached hydrogen (secondary N) is 1. The van der Waals surface area contributed by atoms with E-state index in [9.17, 15) is 9.18 Å². The van der Waals surface area contributed by atoms with E-state index in [1.54, 1.807) is 19.9 Å². The molecule has 0 aliphatic heterocycles. The van der Waals surface area contributed by atoms with Crippen molar-refractivity contribution in [3.8, 4) is 5.75 Å². The number of halogens is 1. The highest BCUT2D eigenvalue weighted by Gasteiger charge is 2.12. The van der Waals surface area contributed by atoms with Crippen molar-refractivity contribution in [3.63, 3.8) is 0 Å². The van der Waals surface area contributed by atoms with Gasteiger partial charge in [0.1, 0.15) is 6.10 Å². The third-order valence-corrected chi connectivity index (χ3v) is 2.22. The molecule has 94 valence electrons. The Balaban J connectivity index is 2.73. The second-order valence-corrected chi connectivity index (χ2v) is 3.45. The van der Waals surface area contributed by atoms with Gasteiger partial charge in [0.2, 0.25) is 0 Å². The molecule has 0 saturated carbocycles. The molecule has 1 amide bonds. The third kappa shape index (κ3) is 3.71. The van der Waals surface area contributed by atoms with Gasteiger partial charge >= 0.3 is 0 Å². The van der Waals surface area contributed by atoms with Gasteiger partial charge in [-0.3, -0.25) is 4.79 Å². The number of carbonyl (C=O) groups is 1. The van der Waals surface area contributed by atoms with Crippen molar-refractivity contribution in [1.29, 1.82) is 0 Å². The van der Waals surface area contributed by atoms with Crippen molar-refractivity contribution in [2.24, 2.45) is 0 Å². The largest absolute Gasteiger partial charge is 0.491 e. The van der Waals surface area contributed by atoms with E-state index in [-0.39, 0.29) is 11.7 Å². The third-order valence-electron chi connectivity index (χ3n) is 2.22. The minimum Gasteiger partial charge on any atom is -0.491 e. The number of anilines is 1. The molecular weight excluding hydrogens is 225 g/mol. The van der Waals surface area contributed by atoms with Crippen LogP contribution in [-0.4, -0.2) is 25.7 Å². The van der Waals surface area contributed by atoms with Gasteiger partial charge in [-0.05, 0) is 26.0 Å². The molecular formula is C12H16FNO3. The summed E-state index contributed by atoms with van der Waals surface area (Å²) < 4.78 is 23.4. The van der Waals surface area contributed by atoms with E-state index < -0.39 is 11.9 Å². The molecule has 4 nitrogen and oxygen atoms in total. The number of rotatable bonds is 5. The van der Waals surface area contributed by atoms with Crippen molar-refractivity contribution < 1.29 is 18.7 Å². The molecule has 0 aromatic heterocycles. The van der Waals surface area contributed by atoms with Crippen LogP contribution in [0.4, 0.5) is 10.1 Å². The summed E-state index contributed by atoms with van der Waals surface area (Å²) in [5.41, 5.74) is 0.375. The molecule has 0 heterocycles. The van der Waals surface area contributed by atoms with Crippen molar-refractivity contribution in [1.82, 2.24) is 0 Å². The van der Waals surface area contributed by atoms with E-state index in [1.165, 1.54) is 19.2 Å². The van der Waals surface area contributed by atoms with E-state index in [0.29, 0.717) is 12.3 Å². The van der Waals surface area contributed by atoms with Gasteiger partial charge in [-0.25, -0.2) is 4.39 Å². The molecule has 1 atom stereocenters. The molecule has 17 heavy (non-hydrogen) atoms. The lowest BCUT2D eigenvalue weighted by molar-refractivity contribution is -0.124. The lowest BCUT2D eigenvalue weighted by Crippen LogP contribution is -2.26. The molecule has 0 radical (unpaired) electrons. The van der Waals surface area contributed by atoms with E-state index >= 15 is 0 Å². The molecule has 0 bridgehead atoms. The molecule has 1 aromatic rings. The van der Waals surface area contributed by atoms with Gasteiger partial charge in [0, 0.05) is 18.9 Å². The highest BCUT2D eigenvalue weighted by molar-refractivity contribution is 5.93. The maximum absolute atomic E-state index is 13.5. The van der Waals surface area contributed by atoms with E-state index in [0.717, 1.165) is 0 Å². The zero-order valence-corrected chi connectivity index (χ0v) is 10.1. The number of benzene rings is 1. The van der Waals surface area contributed by atoms with E-state index in [2.05, 4.69) is 5.32 Å². The van der Waals surface area contributed by atoms with Gasteiger partial charge in [0.05, 0.1) is 6.61 Å². The van der Waals surface area contributed by atoms with Gasteiger partial charge in [-0.2, -0.15) is 0 Å². The lowest BCUT2D eigenvalue weighted by Gasteiger charge is -2.11. The van der Waals surface area contributed by atoms with Crippen LogP contribution in [0.5, 0.6) is 5.75 Å². The fourth-order valence-electron chi connectivity index (χ4n) is 1.20. The molecule has 5 heteroatoms. The van der Waals surface area contributed by atoms with Crippen LogP contribution in [0.3, 0.4) is 0 Å². The molecule has 0 spiro atoms. The summed E-state index contributed by atoms with van der Waals surface area (Å²) in [5.74, 6) is -0.656. The molecule has 0 saturated heterocycles. The highest BCUT2D eigenvalue weighted by Crippen LogP contribution is 2.21. The van der Waals surface area contributed by atoms with Gasteiger partial charge < -0.3 is 14.8 Å². The number of hydrogen-bond donors (Lipinski definition) is 1. The van der Waals surface area contributed by atoms with Crippen LogP contribution < -0.4 is 10.1 Å². The Labute approximate surface area is 99.7 Å². The molecule has 1 rings (SSSR count). The van der Waals surface area contributed by atoms with Crippen molar-refractivity contribution in [3.05, 3.63) is 24.0 Å². The summed E-state index contributed by atoms with van der Waals surface area (Å²) in [4.78, 5) is 11.5. The van der Waals surface area contributed by atoms with Crippen molar-refractivity contribution in [2.75, 3.05) is 19.0 Å². The normalized spacial score (nSPS) is 12.0. The Morgan fingerprint density at radius 2 is 2.24 bits per heavy atom. The Hall–Kier alpha value is -1.62. The predicted molar refractivity (Wildman–Crippen MR) is 62.7 cm³/mol. The van der Waals surface area contributed by atoms with E-state index in [1.807, 2.05) is 0 Å². The summed E-state index contributed by atoms with van der Waals surface area (Å²) in [7, 11) is 1.43. The van der Waals surface area contributed by atoms with E-state index in [4.69, 9.17) is 9.47 Å². The van der Waals surface area contributed by atoms with Gasteiger partial charge in [-0.15, -0.1) is 0 Å². The monoisotopic (exact) mass is 241 g/mol. The fraction of sp³-hybridized carbons (Fsp3) is 0.417. The maximum atomic E-state index is 13.5. The first-order chi connectivity index (χ1) is 8.08. The molecule has 1 N–H and O–H groups in total. The van der Waals surface area contributed by atoms with Crippen LogP contribution in [-0.2, 0) is 9.53 Å². The Kier molecular flexibility index (Phi) is 4.90. The van der Waals surface area contributed by atoms with Crippen LogP contribution in [0.2, 0.25) is 0 Å². The second-order valence-electron chi connectivity index (χ2n) is 3.45. The zero-order chi connectivity index (χ0) is 12.8. The van der Waals surface area contributed by atoms with Gasteiger partial charge in [-0.1, -0.05) is 0 Å². The molecule has 1 aromatic carbocycles. The quantitative estimate of drug-likeness (QED) is 0.859. The van der Waals surface area contributed by atoms with Crippen molar-refractivity contribution in [2.45, 2.75) is 20.0 Å².